The van der Waals surface area contributed by atoms with Crippen LogP contribution in [0.4, 0.5) is 4.79 Å². The molecular weight excluding hydrogens is 498 g/mol. The molecule has 0 fully saturated rings. The Labute approximate surface area is 203 Å². The molecule has 1 atom stereocenters. The van der Waals surface area contributed by atoms with Crippen molar-refractivity contribution in [2.75, 3.05) is 0 Å². The van der Waals surface area contributed by atoms with Crippen LogP contribution in [-0.2, 0) is 15.7 Å². The number of rotatable bonds is 4. The predicted molar refractivity (Wildman–Crippen MR) is 127 cm³/mol. The van der Waals surface area contributed by atoms with Gasteiger partial charge in [-0.3, -0.25) is 9.59 Å². The summed E-state index contributed by atoms with van der Waals surface area (Å²) in [4.78, 5) is 40.8. The lowest BCUT2D eigenvalue weighted by Gasteiger charge is -2.43. The van der Waals surface area contributed by atoms with Gasteiger partial charge in [-0.1, -0.05) is 60.2 Å². The van der Waals surface area contributed by atoms with Crippen LogP contribution in [0.1, 0.15) is 38.3 Å². The molecule has 2 aromatic carbocycles. The molecule has 172 valence electrons. The van der Waals surface area contributed by atoms with Crippen molar-refractivity contribution in [3.05, 3.63) is 93.3 Å². The summed E-state index contributed by atoms with van der Waals surface area (Å²) < 4.78 is 27.5. The van der Waals surface area contributed by atoms with Crippen molar-refractivity contribution in [2.24, 2.45) is 0 Å². The molecular formula is C23H16ClN3O5S2. The molecule has 0 spiro atoms. The van der Waals surface area contributed by atoms with E-state index in [9.17, 15) is 22.8 Å². The molecule has 4 amide bonds. The number of carbonyl (C=O) groups is 3. The van der Waals surface area contributed by atoms with Crippen LogP contribution in [-0.4, -0.2) is 31.2 Å². The third-order valence-electron chi connectivity index (χ3n) is 5.65. The number of urea groups is 1. The van der Waals surface area contributed by atoms with Gasteiger partial charge in [0.25, 0.3) is 21.8 Å². The fourth-order valence-corrected chi connectivity index (χ4v) is 6.63. The van der Waals surface area contributed by atoms with E-state index in [0.29, 0.717) is 11.1 Å². The fraction of sp³-hybridized carbons (Fsp3) is 0.0870. The van der Waals surface area contributed by atoms with Gasteiger partial charge in [-0.15, -0.1) is 11.3 Å². The molecule has 34 heavy (non-hydrogen) atoms. The number of nitrogens with zero attached hydrogens (tertiary/aromatic N) is 1. The van der Waals surface area contributed by atoms with Crippen molar-refractivity contribution in [1.29, 1.82) is 0 Å². The van der Waals surface area contributed by atoms with E-state index in [1.807, 2.05) is 10.8 Å². The molecule has 11 heteroatoms. The van der Waals surface area contributed by atoms with Gasteiger partial charge in [0.1, 0.15) is 4.21 Å². The largest absolute Gasteiger partial charge is 0.330 e. The van der Waals surface area contributed by atoms with Gasteiger partial charge >= 0.3 is 6.03 Å². The lowest BCUT2D eigenvalue weighted by atomic mass is 9.85. The summed E-state index contributed by atoms with van der Waals surface area (Å²) in [6.07, 6.45) is 3.59. The highest BCUT2D eigenvalue weighted by molar-refractivity contribution is 7.92. The number of sulfonamides is 1. The SMILES string of the molecule is O=C(NC1(N2C(=O)c3ccccc3C2=O)CC=Cc2ccccc21)NS(=O)(=O)c1ccc(Cl)s1. The normalized spacial score (nSPS) is 19.0. The molecule has 2 heterocycles. The summed E-state index contributed by atoms with van der Waals surface area (Å²) in [6.45, 7) is 0. The number of carbonyl (C=O) groups excluding carboxylic acids is 3. The summed E-state index contributed by atoms with van der Waals surface area (Å²) in [5.74, 6) is -1.17. The second-order valence-electron chi connectivity index (χ2n) is 7.66. The fourth-order valence-electron chi connectivity index (χ4n) is 4.24. The van der Waals surface area contributed by atoms with Crippen LogP contribution in [0.5, 0.6) is 0 Å². The van der Waals surface area contributed by atoms with E-state index in [1.54, 1.807) is 54.6 Å². The van der Waals surface area contributed by atoms with Gasteiger partial charge in [0, 0.05) is 12.0 Å². The Balaban J connectivity index is 1.57. The van der Waals surface area contributed by atoms with Crippen LogP contribution < -0.4 is 10.0 Å². The van der Waals surface area contributed by atoms with Crippen LogP contribution in [0.2, 0.25) is 4.34 Å². The molecule has 2 N–H and O–H groups in total. The number of thiophene rings is 1. The first-order chi connectivity index (χ1) is 16.2. The Morgan fingerprint density at radius 3 is 2.26 bits per heavy atom. The molecule has 0 saturated heterocycles. The van der Waals surface area contributed by atoms with Crippen LogP contribution in [0, 0.1) is 0 Å². The molecule has 0 saturated carbocycles. The van der Waals surface area contributed by atoms with Gasteiger partial charge in [-0.2, -0.15) is 0 Å². The molecule has 1 aromatic heterocycles. The van der Waals surface area contributed by atoms with Gasteiger partial charge in [-0.25, -0.2) is 22.8 Å². The van der Waals surface area contributed by atoms with Gasteiger partial charge < -0.3 is 5.32 Å². The third kappa shape index (κ3) is 3.51. The number of hydrogen-bond acceptors (Lipinski definition) is 6. The number of hydrogen-bond donors (Lipinski definition) is 2. The molecule has 3 aromatic rings. The number of nitrogens with one attached hydrogen (secondary N) is 2. The number of imide groups is 1. The smallest absolute Gasteiger partial charge is 0.309 e. The Kier molecular flexibility index (Phi) is 5.31. The highest BCUT2D eigenvalue weighted by atomic mass is 35.5. The van der Waals surface area contributed by atoms with Crippen molar-refractivity contribution in [1.82, 2.24) is 14.9 Å². The first-order valence-corrected chi connectivity index (χ1v) is 12.7. The van der Waals surface area contributed by atoms with Crippen LogP contribution in [0.15, 0.2) is 70.9 Å². The van der Waals surface area contributed by atoms with Crippen molar-refractivity contribution >= 4 is 56.9 Å². The molecule has 8 nitrogen and oxygen atoms in total. The minimum absolute atomic E-state index is 0.0494. The van der Waals surface area contributed by atoms with Crippen LogP contribution in [0.3, 0.4) is 0 Å². The summed E-state index contributed by atoms with van der Waals surface area (Å²) >= 11 is 6.63. The van der Waals surface area contributed by atoms with Crippen molar-refractivity contribution in [3.63, 3.8) is 0 Å². The van der Waals surface area contributed by atoms with E-state index in [2.05, 4.69) is 5.32 Å². The van der Waals surface area contributed by atoms with E-state index >= 15 is 0 Å². The molecule has 1 unspecified atom stereocenters. The molecule has 1 aliphatic carbocycles. The maximum Gasteiger partial charge on any atom is 0.330 e. The van der Waals surface area contributed by atoms with Crippen LogP contribution in [0.25, 0.3) is 6.08 Å². The Morgan fingerprint density at radius 2 is 1.62 bits per heavy atom. The second kappa shape index (κ2) is 8.08. The first-order valence-electron chi connectivity index (χ1n) is 10.1. The monoisotopic (exact) mass is 513 g/mol. The average molecular weight is 514 g/mol. The summed E-state index contributed by atoms with van der Waals surface area (Å²) in [7, 11) is -4.23. The van der Waals surface area contributed by atoms with Crippen LogP contribution >= 0.6 is 22.9 Å². The maximum absolute atomic E-state index is 13.4. The summed E-state index contributed by atoms with van der Waals surface area (Å²) in [5.41, 5.74) is -0.0632. The molecule has 2 aliphatic rings. The molecule has 1 aliphatic heterocycles. The highest BCUT2D eigenvalue weighted by Gasteiger charge is 2.52. The van der Waals surface area contributed by atoms with Crippen molar-refractivity contribution < 1.29 is 22.8 Å². The minimum atomic E-state index is -4.23. The number of fused-ring (bicyclic) bond motifs is 2. The van der Waals surface area contributed by atoms with Gasteiger partial charge in [0.05, 0.1) is 15.5 Å². The molecule has 0 radical (unpaired) electrons. The summed E-state index contributed by atoms with van der Waals surface area (Å²) in [5, 5.41) is 2.63. The third-order valence-corrected chi connectivity index (χ3v) is 8.71. The zero-order valence-corrected chi connectivity index (χ0v) is 19.7. The Morgan fingerprint density at radius 1 is 0.971 bits per heavy atom. The Hall–Kier alpha value is -3.47. The van der Waals surface area contributed by atoms with E-state index in [1.165, 1.54) is 12.1 Å². The first kappa shape index (κ1) is 22.3. The quantitative estimate of drug-likeness (QED) is 0.513. The number of halogens is 1. The zero-order valence-electron chi connectivity index (χ0n) is 17.3. The van der Waals surface area contributed by atoms with Gasteiger partial charge in [-0.05, 0) is 29.8 Å². The van der Waals surface area contributed by atoms with Gasteiger partial charge in [0.2, 0.25) is 0 Å². The average Bonchev–Trinajstić information content (AvgIpc) is 3.36. The Bertz CT molecular complexity index is 1460. The topological polar surface area (TPSA) is 113 Å². The predicted octanol–water partition coefficient (Wildman–Crippen LogP) is 3.96. The minimum Gasteiger partial charge on any atom is -0.309 e. The second-order valence-corrected chi connectivity index (χ2v) is 11.3. The molecule has 5 rings (SSSR count). The van der Waals surface area contributed by atoms with Crippen molar-refractivity contribution in [3.8, 4) is 0 Å². The molecule has 0 bridgehead atoms. The number of amides is 4. The maximum atomic E-state index is 13.4. The summed E-state index contributed by atoms with van der Waals surface area (Å²) in [6, 6.07) is 14.9. The van der Waals surface area contributed by atoms with E-state index < -0.39 is 33.5 Å². The van der Waals surface area contributed by atoms with Gasteiger partial charge in [0.15, 0.2) is 5.66 Å². The number of benzene rings is 2. The van der Waals surface area contributed by atoms with Crippen molar-refractivity contribution in [2.45, 2.75) is 16.3 Å². The van der Waals surface area contributed by atoms with E-state index in [4.69, 9.17) is 11.6 Å². The standard InChI is InChI=1S/C23H16ClN3O5S2/c24-18-11-12-19(33-18)34(31,32)26-22(30)25-23(13-5-7-14-6-1-4-10-17(14)23)27-20(28)15-8-2-3-9-16(15)21(27)29/h1-12H,13H2,(H2,25,26,30). The highest BCUT2D eigenvalue weighted by Crippen LogP contribution is 2.41. The van der Waals surface area contributed by atoms with E-state index in [-0.39, 0.29) is 26.1 Å². The zero-order chi connectivity index (χ0) is 24.1. The van der Waals surface area contributed by atoms with E-state index in [0.717, 1.165) is 16.2 Å². The lowest BCUT2D eigenvalue weighted by Crippen LogP contribution is -2.62. The lowest BCUT2D eigenvalue weighted by molar-refractivity contribution is 0.0357.